The monoisotopic (exact) mass is 425 g/mol. The lowest BCUT2D eigenvalue weighted by atomic mass is 10.0. The molecule has 7 nitrogen and oxygen atoms in total. The van der Waals surface area contributed by atoms with E-state index in [1.54, 1.807) is 21.3 Å². The van der Waals surface area contributed by atoms with Gasteiger partial charge in [-0.15, -0.1) is 0 Å². The quantitative estimate of drug-likeness (QED) is 0.672. The van der Waals surface area contributed by atoms with Crippen molar-refractivity contribution in [2.75, 3.05) is 27.9 Å². The van der Waals surface area contributed by atoms with Crippen LogP contribution < -0.4 is 14.2 Å². The third-order valence-corrected chi connectivity index (χ3v) is 6.46. The SMILES string of the molecule is COc1ccc(C2OC[C@@H]3C[C@@H](n4ccc5c(OC)cc(OC)cc54)[C@H](O)[C@@H]3O2)cc1. The van der Waals surface area contributed by atoms with Gasteiger partial charge < -0.3 is 33.4 Å². The van der Waals surface area contributed by atoms with Crippen LogP contribution in [-0.2, 0) is 9.47 Å². The maximum absolute atomic E-state index is 11.2. The van der Waals surface area contributed by atoms with Crippen LogP contribution in [-0.4, -0.2) is 49.8 Å². The number of nitrogens with zero attached hydrogens (tertiary/aromatic N) is 1. The van der Waals surface area contributed by atoms with Crippen molar-refractivity contribution in [2.24, 2.45) is 5.92 Å². The summed E-state index contributed by atoms with van der Waals surface area (Å²) in [6, 6.07) is 13.4. The molecule has 1 saturated carbocycles. The fraction of sp³-hybridized carbons (Fsp3) is 0.417. The molecule has 2 heterocycles. The third kappa shape index (κ3) is 3.43. The lowest BCUT2D eigenvalue weighted by Crippen LogP contribution is -2.39. The van der Waals surface area contributed by atoms with Gasteiger partial charge in [0, 0.05) is 35.2 Å². The normalized spacial score (nSPS) is 27.8. The zero-order valence-corrected chi connectivity index (χ0v) is 17.9. The molecule has 1 aromatic heterocycles. The van der Waals surface area contributed by atoms with Crippen molar-refractivity contribution in [3.8, 4) is 17.2 Å². The van der Waals surface area contributed by atoms with Gasteiger partial charge in [-0.25, -0.2) is 0 Å². The molecule has 5 rings (SSSR count). The molecule has 2 fully saturated rings. The fourth-order valence-corrected chi connectivity index (χ4v) is 4.82. The standard InChI is InChI=1S/C24H27NO6/c1-27-16-6-4-14(5-7-16)24-30-13-15-10-20(22(26)23(15)31-24)25-9-8-18-19(25)11-17(28-2)12-21(18)29-3/h4-9,11-12,15,20,22-24,26H,10,13H2,1-3H3/t15-,20+,22-,23+,24?/m0/s1. The summed E-state index contributed by atoms with van der Waals surface area (Å²) in [4.78, 5) is 0. The Labute approximate surface area is 181 Å². The van der Waals surface area contributed by atoms with Gasteiger partial charge in [-0.3, -0.25) is 0 Å². The molecule has 0 bridgehead atoms. The maximum Gasteiger partial charge on any atom is 0.184 e. The van der Waals surface area contributed by atoms with Crippen LogP contribution in [0.1, 0.15) is 24.3 Å². The number of hydrogen-bond acceptors (Lipinski definition) is 6. The van der Waals surface area contributed by atoms with Gasteiger partial charge in [-0.05, 0) is 24.6 Å². The van der Waals surface area contributed by atoms with E-state index in [2.05, 4.69) is 4.57 Å². The summed E-state index contributed by atoms with van der Waals surface area (Å²) in [5.41, 5.74) is 1.88. The first-order valence-corrected chi connectivity index (χ1v) is 10.4. The fourth-order valence-electron chi connectivity index (χ4n) is 4.82. The Morgan fingerprint density at radius 1 is 0.968 bits per heavy atom. The first-order valence-electron chi connectivity index (χ1n) is 10.4. The molecule has 1 unspecified atom stereocenters. The van der Waals surface area contributed by atoms with Crippen LogP contribution in [0.15, 0.2) is 48.7 Å². The Morgan fingerprint density at radius 3 is 2.45 bits per heavy atom. The van der Waals surface area contributed by atoms with Gasteiger partial charge in [-0.1, -0.05) is 12.1 Å². The molecule has 0 amide bonds. The highest BCUT2D eigenvalue weighted by molar-refractivity contribution is 5.88. The Kier molecular flexibility index (Phi) is 5.25. The van der Waals surface area contributed by atoms with Crippen LogP contribution in [0.2, 0.25) is 0 Å². The van der Waals surface area contributed by atoms with Crippen LogP contribution in [0.25, 0.3) is 10.9 Å². The molecular weight excluding hydrogens is 398 g/mol. The molecule has 2 aliphatic rings. The molecule has 1 aliphatic carbocycles. The average Bonchev–Trinajstić information content (AvgIpc) is 3.38. The summed E-state index contributed by atoms with van der Waals surface area (Å²) < 4.78 is 30.6. The summed E-state index contributed by atoms with van der Waals surface area (Å²) >= 11 is 0. The predicted octanol–water partition coefficient (Wildman–Crippen LogP) is 3.70. The van der Waals surface area contributed by atoms with Gasteiger partial charge in [0.15, 0.2) is 6.29 Å². The van der Waals surface area contributed by atoms with Crippen molar-refractivity contribution in [1.29, 1.82) is 0 Å². The van der Waals surface area contributed by atoms with E-state index >= 15 is 0 Å². The minimum Gasteiger partial charge on any atom is -0.497 e. The van der Waals surface area contributed by atoms with E-state index in [0.29, 0.717) is 12.4 Å². The average molecular weight is 425 g/mol. The molecule has 5 atom stereocenters. The summed E-state index contributed by atoms with van der Waals surface area (Å²) in [5, 5.41) is 12.2. The van der Waals surface area contributed by atoms with Gasteiger partial charge in [-0.2, -0.15) is 0 Å². The number of methoxy groups -OCH3 is 3. The molecule has 1 saturated heterocycles. The number of hydrogen-bond donors (Lipinski definition) is 1. The van der Waals surface area contributed by atoms with Crippen LogP contribution in [0.3, 0.4) is 0 Å². The maximum atomic E-state index is 11.2. The number of aliphatic hydroxyl groups excluding tert-OH is 1. The van der Waals surface area contributed by atoms with Gasteiger partial charge >= 0.3 is 0 Å². The van der Waals surface area contributed by atoms with E-state index in [9.17, 15) is 5.11 Å². The molecule has 1 aliphatic heterocycles. The van der Waals surface area contributed by atoms with E-state index in [4.69, 9.17) is 23.7 Å². The van der Waals surface area contributed by atoms with Crippen molar-refractivity contribution < 1.29 is 28.8 Å². The first kappa shape index (κ1) is 20.2. The van der Waals surface area contributed by atoms with E-state index < -0.39 is 12.4 Å². The van der Waals surface area contributed by atoms with E-state index in [0.717, 1.165) is 34.4 Å². The lowest BCUT2D eigenvalue weighted by Gasteiger charge is -2.34. The zero-order chi connectivity index (χ0) is 21.5. The van der Waals surface area contributed by atoms with Crippen molar-refractivity contribution in [3.05, 3.63) is 54.2 Å². The lowest BCUT2D eigenvalue weighted by molar-refractivity contribution is -0.249. The van der Waals surface area contributed by atoms with Gasteiger partial charge in [0.2, 0.25) is 0 Å². The molecule has 0 radical (unpaired) electrons. The number of rotatable bonds is 5. The van der Waals surface area contributed by atoms with Crippen molar-refractivity contribution in [2.45, 2.75) is 31.0 Å². The van der Waals surface area contributed by atoms with E-state index in [1.165, 1.54) is 0 Å². The summed E-state index contributed by atoms with van der Waals surface area (Å²) in [5.74, 6) is 2.37. The number of fused-ring (bicyclic) bond motifs is 2. The number of aliphatic hydroxyl groups is 1. The molecule has 31 heavy (non-hydrogen) atoms. The van der Waals surface area contributed by atoms with Crippen LogP contribution >= 0.6 is 0 Å². The zero-order valence-electron chi connectivity index (χ0n) is 17.9. The summed E-state index contributed by atoms with van der Waals surface area (Å²) in [7, 11) is 4.92. The first-order chi connectivity index (χ1) is 15.1. The van der Waals surface area contributed by atoms with Crippen LogP contribution in [0.5, 0.6) is 17.2 Å². The van der Waals surface area contributed by atoms with Gasteiger partial charge in [0.25, 0.3) is 0 Å². The highest BCUT2D eigenvalue weighted by atomic mass is 16.7. The molecular formula is C24H27NO6. The highest BCUT2D eigenvalue weighted by Crippen LogP contribution is 2.45. The number of benzene rings is 2. The molecule has 164 valence electrons. The van der Waals surface area contributed by atoms with Crippen molar-refractivity contribution in [1.82, 2.24) is 4.57 Å². The van der Waals surface area contributed by atoms with Crippen molar-refractivity contribution >= 4 is 10.9 Å². The molecule has 0 spiro atoms. The Bertz CT molecular complexity index is 1060. The molecule has 2 aromatic carbocycles. The van der Waals surface area contributed by atoms with Crippen LogP contribution in [0.4, 0.5) is 0 Å². The van der Waals surface area contributed by atoms with Crippen molar-refractivity contribution in [3.63, 3.8) is 0 Å². The second-order valence-electron chi connectivity index (χ2n) is 8.08. The van der Waals surface area contributed by atoms with Gasteiger partial charge in [0.1, 0.15) is 23.4 Å². The van der Waals surface area contributed by atoms with E-state index in [1.807, 2.05) is 48.7 Å². The smallest absolute Gasteiger partial charge is 0.184 e. The third-order valence-electron chi connectivity index (χ3n) is 6.46. The highest BCUT2D eigenvalue weighted by Gasteiger charge is 2.48. The largest absolute Gasteiger partial charge is 0.497 e. The Hall–Kier alpha value is -2.74. The number of aromatic nitrogens is 1. The van der Waals surface area contributed by atoms with Crippen LogP contribution in [0, 0.1) is 5.92 Å². The topological polar surface area (TPSA) is 71.3 Å². The number of ether oxygens (including phenoxy) is 5. The molecule has 3 aromatic rings. The second kappa shape index (κ2) is 8.07. The van der Waals surface area contributed by atoms with E-state index in [-0.39, 0.29) is 18.1 Å². The second-order valence-corrected chi connectivity index (χ2v) is 8.08. The van der Waals surface area contributed by atoms with Gasteiger partial charge in [0.05, 0.1) is 45.6 Å². The predicted molar refractivity (Wildman–Crippen MR) is 115 cm³/mol. The Balaban J connectivity index is 1.41. The summed E-state index contributed by atoms with van der Waals surface area (Å²) in [6.45, 7) is 0.542. The molecule has 1 N–H and O–H groups in total. The minimum atomic E-state index is -0.651. The minimum absolute atomic E-state index is 0.123. The Morgan fingerprint density at radius 2 is 1.74 bits per heavy atom. The molecule has 7 heteroatoms. The summed E-state index contributed by atoms with van der Waals surface area (Å²) in [6.07, 6.45) is 1.32.